The highest BCUT2D eigenvalue weighted by Gasteiger charge is 2.43. The van der Waals surface area contributed by atoms with E-state index in [1.807, 2.05) is 0 Å². The fourth-order valence-corrected chi connectivity index (χ4v) is 3.16. The molecule has 2 heterocycles. The molecule has 3 rings (SSSR count). The minimum absolute atomic E-state index is 0.154. The van der Waals surface area contributed by atoms with Crippen LogP contribution in [-0.2, 0) is 20.5 Å². The summed E-state index contributed by atoms with van der Waals surface area (Å²) in [6.07, 6.45) is -4.05. The molecule has 0 unspecified atom stereocenters. The Balaban J connectivity index is 1.99. The molecule has 8 heteroatoms. The SMILES string of the molecule is O=C1NCCN(C(=O)[C@@H]2CCCO2)[C@@H]1c1ccccc1C(F)(F)F. The molecule has 2 saturated heterocycles. The minimum Gasteiger partial charge on any atom is -0.368 e. The van der Waals surface area contributed by atoms with E-state index in [1.54, 1.807) is 0 Å². The number of benzene rings is 1. The lowest BCUT2D eigenvalue weighted by molar-refractivity contribution is -0.152. The van der Waals surface area contributed by atoms with Gasteiger partial charge in [-0.05, 0) is 24.5 Å². The van der Waals surface area contributed by atoms with Crippen molar-refractivity contribution in [3.63, 3.8) is 0 Å². The Labute approximate surface area is 136 Å². The Morgan fingerprint density at radius 2 is 2.04 bits per heavy atom. The smallest absolute Gasteiger partial charge is 0.368 e. The van der Waals surface area contributed by atoms with Crippen molar-refractivity contribution in [2.75, 3.05) is 19.7 Å². The summed E-state index contributed by atoms with van der Waals surface area (Å²) in [6.45, 7) is 0.809. The fraction of sp³-hybridized carbons (Fsp3) is 0.500. The van der Waals surface area contributed by atoms with E-state index < -0.39 is 35.7 Å². The number of nitrogens with zero attached hydrogens (tertiary/aromatic N) is 1. The maximum atomic E-state index is 13.3. The molecular formula is C16H17F3N2O3. The summed E-state index contributed by atoms with van der Waals surface area (Å²) in [7, 11) is 0. The second-order valence-electron chi connectivity index (χ2n) is 5.81. The van der Waals surface area contributed by atoms with Crippen LogP contribution in [0.25, 0.3) is 0 Å². The minimum atomic E-state index is -4.60. The molecule has 1 N–H and O–H groups in total. The van der Waals surface area contributed by atoms with Crippen molar-refractivity contribution in [3.8, 4) is 0 Å². The third-order valence-corrected chi connectivity index (χ3v) is 4.26. The monoisotopic (exact) mass is 342 g/mol. The first kappa shape index (κ1) is 16.8. The number of nitrogens with one attached hydrogen (secondary N) is 1. The lowest BCUT2D eigenvalue weighted by atomic mass is 9.96. The maximum absolute atomic E-state index is 13.3. The molecule has 2 aliphatic rings. The number of ether oxygens (including phenoxy) is 1. The highest BCUT2D eigenvalue weighted by atomic mass is 19.4. The van der Waals surface area contributed by atoms with Gasteiger partial charge in [0.1, 0.15) is 12.1 Å². The average Bonchev–Trinajstić information content (AvgIpc) is 3.07. The summed E-state index contributed by atoms with van der Waals surface area (Å²) < 4.78 is 45.2. The van der Waals surface area contributed by atoms with E-state index in [4.69, 9.17) is 4.74 Å². The Kier molecular flexibility index (Phi) is 4.49. The predicted octanol–water partition coefficient (Wildman–Crippen LogP) is 1.88. The fourth-order valence-electron chi connectivity index (χ4n) is 3.16. The number of amides is 2. The van der Waals surface area contributed by atoms with Crippen molar-refractivity contribution in [2.24, 2.45) is 0 Å². The third-order valence-electron chi connectivity index (χ3n) is 4.26. The first-order valence-corrected chi connectivity index (χ1v) is 7.75. The van der Waals surface area contributed by atoms with Crippen LogP contribution in [0.2, 0.25) is 0 Å². The van der Waals surface area contributed by atoms with Crippen LogP contribution in [0, 0.1) is 0 Å². The molecule has 0 saturated carbocycles. The number of rotatable bonds is 2. The van der Waals surface area contributed by atoms with Gasteiger partial charge < -0.3 is 15.0 Å². The van der Waals surface area contributed by atoms with E-state index in [-0.39, 0.29) is 18.7 Å². The van der Waals surface area contributed by atoms with Gasteiger partial charge in [0.15, 0.2) is 0 Å². The zero-order valence-electron chi connectivity index (χ0n) is 12.8. The van der Waals surface area contributed by atoms with Crippen LogP contribution in [0.4, 0.5) is 13.2 Å². The van der Waals surface area contributed by atoms with Crippen LogP contribution in [0.15, 0.2) is 24.3 Å². The maximum Gasteiger partial charge on any atom is 0.416 e. The molecule has 2 amide bonds. The van der Waals surface area contributed by atoms with Crippen molar-refractivity contribution >= 4 is 11.8 Å². The zero-order chi connectivity index (χ0) is 17.3. The molecule has 0 bridgehead atoms. The van der Waals surface area contributed by atoms with Crippen molar-refractivity contribution in [2.45, 2.75) is 31.2 Å². The number of hydrogen-bond acceptors (Lipinski definition) is 3. The lowest BCUT2D eigenvalue weighted by Gasteiger charge is -2.37. The van der Waals surface area contributed by atoms with E-state index in [0.717, 1.165) is 12.5 Å². The average molecular weight is 342 g/mol. The summed E-state index contributed by atoms with van der Waals surface area (Å²) in [5.74, 6) is -1.03. The molecule has 0 aliphatic carbocycles. The van der Waals surface area contributed by atoms with E-state index in [2.05, 4.69) is 5.32 Å². The number of alkyl halides is 3. The molecule has 1 aromatic carbocycles. The van der Waals surface area contributed by atoms with Crippen LogP contribution in [0.3, 0.4) is 0 Å². The van der Waals surface area contributed by atoms with Gasteiger partial charge in [-0.25, -0.2) is 0 Å². The van der Waals surface area contributed by atoms with E-state index in [9.17, 15) is 22.8 Å². The standard InChI is InChI=1S/C16H17F3N2O3/c17-16(18,19)11-5-2-1-4-10(11)13-14(22)20-7-8-21(13)15(23)12-6-3-9-24-12/h1-2,4-5,12-13H,3,6-9H2,(H,20,22)/t12-,13+/m0/s1. The molecule has 130 valence electrons. The quantitative estimate of drug-likeness (QED) is 0.893. The summed E-state index contributed by atoms with van der Waals surface area (Å²) in [5.41, 5.74) is -1.12. The molecule has 2 atom stereocenters. The highest BCUT2D eigenvalue weighted by Crippen LogP contribution is 2.37. The number of carbonyl (C=O) groups excluding carboxylic acids is 2. The first-order chi connectivity index (χ1) is 11.4. The van der Waals surface area contributed by atoms with Gasteiger partial charge in [-0.15, -0.1) is 0 Å². The van der Waals surface area contributed by atoms with Gasteiger partial charge in [0.25, 0.3) is 5.91 Å². The summed E-state index contributed by atoms with van der Waals surface area (Å²) in [4.78, 5) is 26.1. The largest absolute Gasteiger partial charge is 0.416 e. The molecule has 2 aliphatic heterocycles. The van der Waals surface area contributed by atoms with E-state index in [0.29, 0.717) is 13.0 Å². The lowest BCUT2D eigenvalue weighted by Crippen LogP contribution is -2.54. The van der Waals surface area contributed by atoms with E-state index >= 15 is 0 Å². The first-order valence-electron chi connectivity index (χ1n) is 7.75. The highest BCUT2D eigenvalue weighted by molar-refractivity contribution is 5.91. The van der Waals surface area contributed by atoms with Crippen LogP contribution in [-0.4, -0.2) is 42.5 Å². The Morgan fingerprint density at radius 1 is 1.29 bits per heavy atom. The van der Waals surface area contributed by atoms with Crippen LogP contribution >= 0.6 is 0 Å². The summed E-state index contributed by atoms with van der Waals surface area (Å²) in [6, 6.07) is 3.56. The summed E-state index contributed by atoms with van der Waals surface area (Å²) >= 11 is 0. The topological polar surface area (TPSA) is 58.6 Å². The second kappa shape index (κ2) is 6.43. The Morgan fingerprint density at radius 3 is 2.71 bits per heavy atom. The van der Waals surface area contributed by atoms with Crippen LogP contribution in [0.5, 0.6) is 0 Å². The van der Waals surface area contributed by atoms with Gasteiger partial charge in [-0.1, -0.05) is 18.2 Å². The zero-order valence-corrected chi connectivity index (χ0v) is 12.8. The number of carbonyl (C=O) groups is 2. The van der Waals surface area contributed by atoms with Gasteiger partial charge in [0.2, 0.25) is 5.91 Å². The molecule has 0 spiro atoms. The molecule has 2 fully saturated rings. The van der Waals surface area contributed by atoms with Crippen molar-refractivity contribution < 1.29 is 27.5 Å². The van der Waals surface area contributed by atoms with Gasteiger partial charge in [-0.3, -0.25) is 9.59 Å². The molecule has 1 aromatic rings. The number of piperazine rings is 1. The van der Waals surface area contributed by atoms with Gasteiger partial charge in [-0.2, -0.15) is 13.2 Å². The molecule has 0 radical (unpaired) electrons. The molecule has 5 nitrogen and oxygen atoms in total. The van der Waals surface area contributed by atoms with Gasteiger partial charge >= 0.3 is 6.18 Å². The second-order valence-corrected chi connectivity index (χ2v) is 5.81. The van der Waals surface area contributed by atoms with Crippen molar-refractivity contribution in [3.05, 3.63) is 35.4 Å². The summed E-state index contributed by atoms with van der Waals surface area (Å²) in [5, 5.41) is 2.54. The molecule has 24 heavy (non-hydrogen) atoms. The number of hydrogen-bond donors (Lipinski definition) is 1. The van der Waals surface area contributed by atoms with Crippen LogP contribution in [0.1, 0.15) is 30.0 Å². The molecular weight excluding hydrogens is 325 g/mol. The van der Waals surface area contributed by atoms with Crippen molar-refractivity contribution in [1.29, 1.82) is 0 Å². The van der Waals surface area contributed by atoms with Crippen LogP contribution < -0.4 is 5.32 Å². The number of halogens is 3. The van der Waals surface area contributed by atoms with E-state index in [1.165, 1.54) is 23.1 Å². The van der Waals surface area contributed by atoms with Gasteiger partial charge in [0, 0.05) is 19.7 Å². The third kappa shape index (κ3) is 3.10. The van der Waals surface area contributed by atoms with Crippen molar-refractivity contribution in [1.82, 2.24) is 10.2 Å². The normalized spacial score (nSPS) is 24.8. The predicted molar refractivity (Wildman–Crippen MR) is 77.9 cm³/mol. The Hall–Kier alpha value is -2.09. The van der Waals surface area contributed by atoms with Gasteiger partial charge in [0.05, 0.1) is 5.56 Å². The molecule has 0 aromatic heterocycles. The Bertz CT molecular complexity index is 642.